The molecule has 0 bridgehead atoms. The summed E-state index contributed by atoms with van der Waals surface area (Å²) in [5, 5.41) is 0. The zero-order chi connectivity index (χ0) is 19.0. The van der Waals surface area contributed by atoms with Gasteiger partial charge in [-0.2, -0.15) is 0 Å². The minimum atomic E-state index is -0.498. The van der Waals surface area contributed by atoms with Crippen molar-refractivity contribution in [3.05, 3.63) is 52.3 Å². The molecule has 0 saturated heterocycles. The summed E-state index contributed by atoms with van der Waals surface area (Å²) in [4.78, 5) is 38.0. The number of rotatable bonds is 5. The van der Waals surface area contributed by atoms with Crippen LogP contribution < -0.4 is 4.90 Å². The Morgan fingerprint density at radius 1 is 1.19 bits per heavy atom. The van der Waals surface area contributed by atoms with Crippen LogP contribution in [0.2, 0.25) is 0 Å². The van der Waals surface area contributed by atoms with Crippen molar-refractivity contribution < 1.29 is 19.1 Å². The lowest BCUT2D eigenvalue weighted by molar-refractivity contribution is -0.117. The van der Waals surface area contributed by atoms with Crippen LogP contribution in [-0.2, 0) is 22.5 Å². The second kappa shape index (κ2) is 6.78. The van der Waals surface area contributed by atoms with Crippen molar-refractivity contribution in [2.75, 3.05) is 18.6 Å². The molecule has 1 aliphatic rings. The average molecular weight is 354 g/mol. The molecule has 0 fully saturated rings. The van der Waals surface area contributed by atoms with E-state index in [0.29, 0.717) is 11.1 Å². The van der Waals surface area contributed by atoms with Gasteiger partial charge in [-0.15, -0.1) is 0 Å². The maximum absolute atomic E-state index is 12.4. The maximum atomic E-state index is 12.4. The van der Waals surface area contributed by atoms with Gasteiger partial charge in [0.2, 0.25) is 5.91 Å². The van der Waals surface area contributed by atoms with Crippen molar-refractivity contribution in [3.63, 3.8) is 0 Å². The zero-order valence-corrected chi connectivity index (χ0v) is 15.5. The third-order valence-electron chi connectivity index (χ3n) is 4.92. The highest BCUT2D eigenvalue weighted by Gasteiger charge is 2.25. The maximum Gasteiger partial charge on any atom is 0.340 e. The number of ketones is 1. The van der Waals surface area contributed by atoms with E-state index in [0.717, 1.165) is 29.2 Å². The Morgan fingerprint density at radius 3 is 2.58 bits per heavy atom. The Morgan fingerprint density at radius 2 is 1.92 bits per heavy atom. The van der Waals surface area contributed by atoms with Gasteiger partial charge in [-0.3, -0.25) is 9.59 Å². The number of carbonyl (C=O) groups excluding carboxylic acids is 3. The lowest BCUT2D eigenvalue weighted by Gasteiger charge is -2.10. The minimum Gasteiger partial charge on any atom is -0.454 e. The van der Waals surface area contributed by atoms with E-state index in [4.69, 9.17) is 4.74 Å². The smallest absolute Gasteiger partial charge is 0.340 e. The minimum absolute atomic E-state index is 0.00214. The van der Waals surface area contributed by atoms with Crippen LogP contribution in [0.25, 0.3) is 0 Å². The van der Waals surface area contributed by atoms with Gasteiger partial charge in [-0.1, -0.05) is 0 Å². The molecule has 136 valence electrons. The van der Waals surface area contributed by atoms with Crippen LogP contribution in [0, 0.1) is 13.8 Å². The number of anilines is 1. The first kappa shape index (κ1) is 17.9. The molecule has 2 heterocycles. The largest absolute Gasteiger partial charge is 0.454 e. The van der Waals surface area contributed by atoms with E-state index in [1.807, 2.05) is 25.3 Å². The number of ether oxygens (including phenoxy) is 1. The molecule has 6 nitrogen and oxygen atoms in total. The van der Waals surface area contributed by atoms with Crippen molar-refractivity contribution in [1.29, 1.82) is 0 Å². The summed E-state index contributed by atoms with van der Waals surface area (Å²) in [6, 6.07) is 6.90. The molecule has 0 spiro atoms. The van der Waals surface area contributed by atoms with Gasteiger partial charge in [0.15, 0.2) is 12.4 Å². The molecule has 0 atom stereocenters. The number of Topliss-reactive ketones (excluding diaryl/α,β-unsaturated/α-hetero) is 1. The van der Waals surface area contributed by atoms with E-state index in [1.165, 1.54) is 0 Å². The van der Waals surface area contributed by atoms with E-state index in [9.17, 15) is 14.4 Å². The number of nitrogens with zero attached hydrogens (tertiary/aromatic N) is 2. The van der Waals surface area contributed by atoms with Crippen molar-refractivity contribution in [3.8, 4) is 0 Å². The first-order valence-corrected chi connectivity index (χ1v) is 8.60. The van der Waals surface area contributed by atoms with Crippen LogP contribution in [0.3, 0.4) is 0 Å². The molecule has 1 amide bonds. The second-order valence-electron chi connectivity index (χ2n) is 6.50. The van der Waals surface area contributed by atoms with Crippen LogP contribution in [0.5, 0.6) is 0 Å². The Bertz CT molecular complexity index is 911. The number of carbonyl (C=O) groups is 3. The van der Waals surface area contributed by atoms with Crippen LogP contribution in [0.1, 0.15) is 44.6 Å². The van der Waals surface area contributed by atoms with Crippen molar-refractivity contribution in [1.82, 2.24) is 4.57 Å². The fraction of sp³-hybridized carbons (Fsp3) is 0.350. The number of fused-ring (bicyclic) bond motifs is 1. The number of benzene rings is 1. The van der Waals surface area contributed by atoms with Crippen LogP contribution in [0.4, 0.5) is 5.69 Å². The van der Waals surface area contributed by atoms with E-state index in [-0.39, 0.29) is 24.7 Å². The third kappa shape index (κ3) is 3.03. The van der Waals surface area contributed by atoms with Crippen LogP contribution in [-0.4, -0.2) is 35.9 Å². The monoisotopic (exact) mass is 354 g/mol. The first-order valence-electron chi connectivity index (χ1n) is 8.60. The third-order valence-corrected chi connectivity index (χ3v) is 4.92. The summed E-state index contributed by atoms with van der Waals surface area (Å²) in [7, 11) is 1.71. The van der Waals surface area contributed by atoms with E-state index < -0.39 is 5.97 Å². The second-order valence-corrected chi connectivity index (χ2v) is 6.50. The van der Waals surface area contributed by atoms with E-state index >= 15 is 0 Å². The van der Waals surface area contributed by atoms with Crippen molar-refractivity contribution in [2.24, 2.45) is 0 Å². The summed E-state index contributed by atoms with van der Waals surface area (Å²) >= 11 is 0. The van der Waals surface area contributed by atoms with E-state index in [2.05, 4.69) is 0 Å². The number of esters is 1. The highest BCUT2D eigenvalue weighted by atomic mass is 16.5. The Hall–Kier alpha value is -2.89. The van der Waals surface area contributed by atoms with Crippen molar-refractivity contribution >= 4 is 23.3 Å². The molecule has 1 aromatic heterocycles. The van der Waals surface area contributed by atoms with Crippen molar-refractivity contribution in [2.45, 2.75) is 33.7 Å². The Balaban J connectivity index is 1.69. The van der Waals surface area contributed by atoms with Gasteiger partial charge in [0, 0.05) is 36.2 Å². The van der Waals surface area contributed by atoms with Gasteiger partial charge in [-0.05, 0) is 50.6 Å². The highest BCUT2D eigenvalue weighted by molar-refractivity contribution is 6.04. The van der Waals surface area contributed by atoms with Gasteiger partial charge in [-0.25, -0.2) is 4.79 Å². The molecule has 3 rings (SSSR count). The predicted molar refractivity (Wildman–Crippen MR) is 97.7 cm³/mol. The molecule has 1 aliphatic heterocycles. The number of hydrogen-bond donors (Lipinski definition) is 0. The molecular formula is C20H22N2O4. The molecular weight excluding hydrogens is 332 g/mol. The first-order chi connectivity index (χ1) is 12.3. The molecule has 1 aromatic carbocycles. The molecule has 0 radical (unpaired) electrons. The SMILES string of the molecule is CCn1c(C)cc(C(=O)OCC(=O)c2ccc3c(c2)CC(=O)N3C)c1C. The fourth-order valence-corrected chi connectivity index (χ4v) is 3.43. The summed E-state index contributed by atoms with van der Waals surface area (Å²) in [6.45, 7) is 6.25. The topological polar surface area (TPSA) is 68.6 Å². The number of aryl methyl sites for hydroxylation is 1. The normalized spacial score (nSPS) is 13.1. The zero-order valence-electron chi connectivity index (χ0n) is 15.5. The van der Waals surface area contributed by atoms with Gasteiger partial charge >= 0.3 is 5.97 Å². The summed E-state index contributed by atoms with van der Waals surface area (Å²) in [5.74, 6) is -0.781. The standard InChI is InChI=1S/C20H22N2O4/c1-5-22-12(2)8-16(13(22)3)20(25)26-11-18(23)14-6-7-17-15(9-14)10-19(24)21(17)4/h6-9H,5,10-11H2,1-4H3. The number of amides is 1. The predicted octanol–water partition coefficient (Wildman–Crippen LogP) is 2.68. The number of likely N-dealkylation sites (N-methyl/N-ethyl adjacent to an activating group) is 1. The summed E-state index contributed by atoms with van der Waals surface area (Å²) < 4.78 is 7.24. The molecule has 6 heteroatoms. The molecule has 0 N–H and O–H groups in total. The Labute approximate surface area is 152 Å². The van der Waals surface area contributed by atoms with Crippen LogP contribution in [0.15, 0.2) is 24.3 Å². The average Bonchev–Trinajstić information content (AvgIpc) is 3.07. The summed E-state index contributed by atoms with van der Waals surface area (Å²) in [5.41, 5.74) is 4.38. The van der Waals surface area contributed by atoms with E-state index in [1.54, 1.807) is 36.2 Å². The molecule has 2 aromatic rings. The molecule has 0 unspecified atom stereocenters. The van der Waals surface area contributed by atoms with Crippen LogP contribution >= 0.6 is 0 Å². The van der Waals surface area contributed by atoms with Gasteiger partial charge in [0.05, 0.1) is 12.0 Å². The quantitative estimate of drug-likeness (QED) is 0.611. The lowest BCUT2D eigenvalue weighted by Crippen LogP contribution is -2.20. The fourth-order valence-electron chi connectivity index (χ4n) is 3.43. The Kier molecular flexibility index (Phi) is 4.68. The highest BCUT2D eigenvalue weighted by Crippen LogP contribution is 2.28. The van der Waals surface area contributed by atoms with Gasteiger partial charge < -0.3 is 14.2 Å². The molecule has 0 aliphatic carbocycles. The van der Waals surface area contributed by atoms with Gasteiger partial charge in [0.25, 0.3) is 0 Å². The molecule has 26 heavy (non-hydrogen) atoms. The number of aromatic nitrogens is 1. The lowest BCUT2D eigenvalue weighted by atomic mass is 10.1. The molecule has 0 saturated carbocycles. The summed E-state index contributed by atoms with van der Waals surface area (Å²) in [6.07, 6.45) is 0.287. The number of hydrogen-bond acceptors (Lipinski definition) is 4. The van der Waals surface area contributed by atoms with Gasteiger partial charge in [0.1, 0.15) is 0 Å².